The number of sulfonamides is 1. The highest BCUT2D eigenvalue weighted by atomic mass is 35.5. The number of rotatable bonds is 6. The molecule has 0 unspecified atom stereocenters. The molecule has 1 saturated heterocycles. The summed E-state index contributed by atoms with van der Waals surface area (Å²) in [4.78, 5) is 17.3. The third-order valence-electron chi connectivity index (χ3n) is 3.95. The topological polar surface area (TPSA) is 96.3 Å². The number of carbonyl (C=O) groups excluding carboxylic acids is 1. The van der Waals surface area contributed by atoms with Gasteiger partial charge in [-0.1, -0.05) is 18.5 Å². The Hall–Kier alpha value is -2.26. The summed E-state index contributed by atoms with van der Waals surface area (Å²) in [5.41, 5.74) is 1.03. The molecule has 1 aliphatic rings. The number of imidazole rings is 1. The summed E-state index contributed by atoms with van der Waals surface area (Å²) in [6.45, 7) is 4.11. The normalized spacial score (nSPS) is 15.0. The van der Waals surface area contributed by atoms with Crippen LogP contribution in [0.4, 0.5) is 11.4 Å². The highest BCUT2D eigenvalue weighted by Crippen LogP contribution is 2.30. The van der Waals surface area contributed by atoms with Crippen molar-refractivity contribution < 1.29 is 13.2 Å². The average Bonchev–Trinajstić information content (AvgIpc) is 3.04. The fourth-order valence-corrected chi connectivity index (χ4v) is 4.04. The van der Waals surface area contributed by atoms with Gasteiger partial charge in [0.2, 0.25) is 5.91 Å². The number of anilines is 2. The predicted molar refractivity (Wildman–Crippen MR) is 100 cm³/mol. The van der Waals surface area contributed by atoms with Gasteiger partial charge in [0.15, 0.2) is 5.03 Å². The third kappa shape index (κ3) is 4.10. The molecule has 3 rings (SSSR count). The van der Waals surface area contributed by atoms with Crippen molar-refractivity contribution in [2.75, 3.05) is 29.3 Å². The summed E-state index contributed by atoms with van der Waals surface area (Å²) >= 11 is 6.30. The Balaban J connectivity index is 1.77. The molecule has 0 atom stereocenters. The van der Waals surface area contributed by atoms with Crippen LogP contribution in [0.15, 0.2) is 35.7 Å². The van der Waals surface area contributed by atoms with Crippen LogP contribution in [0.2, 0.25) is 5.02 Å². The lowest BCUT2D eigenvalue weighted by Gasteiger charge is -2.29. The van der Waals surface area contributed by atoms with Crippen molar-refractivity contribution in [1.82, 2.24) is 14.9 Å². The first kappa shape index (κ1) is 18.5. The number of piperazine rings is 1. The number of halogens is 1. The Morgan fingerprint density at radius 3 is 2.88 bits per heavy atom. The molecule has 2 N–H and O–H groups in total. The zero-order valence-corrected chi connectivity index (χ0v) is 15.8. The van der Waals surface area contributed by atoms with Gasteiger partial charge in [0.05, 0.1) is 29.3 Å². The first-order valence-corrected chi connectivity index (χ1v) is 10.1. The zero-order chi connectivity index (χ0) is 18.7. The number of carbonyl (C=O) groups is 1. The highest BCUT2D eigenvalue weighted by molar-refractivity contribution is 7.92. The summed E-state index contributed by atoms with van der Waals surface area (Å²) in [5.74, 6) is -0.0697. The molecule has 140 valence electrons. The number of hydrogen-bond acceptors (Lipinski definition) is 5. The first-order chi connectivity index (χ1) is 12.4. The molecule has 8 nitrogen and oxygen atoms in total. The third-order valence-corrected chi connectivity index (χ3v) is 5.51. The number of amides is 1. The number of nitrogens with one attached hydrogen (secondary N) is 2. The van der Waals surface area contributed by atoms with Gasteiger partial charge in [0.25, 0.3) is 10.0 Å². The molecule has 0 radical (unpaired) electrons. The second-order valence-electron chi connectivity index (χ2n) is 5.99. The fourth-order valence-electron chi connectivity index (χ4n) is 2.74. The Kier molecular flexibility index (Phi) is 5.38. The van der Waals surface area contributed by atoms with E-state index in [1.165, 1.54) is 18.6 Å². The molecule has 1 aromatic heterocycles. The molecule has 2 aromatic rings. The molecule has 10 heteroatoms. The van der Waals surface area contributed by atoms with Crippen LogP contribution in [0, 0.1) is 0 Å². The van der Waals surface area contributed by atoms with Crippen LogP contribution in [0.1, 0.15) is 13.3 Å². The number of benzene rings is 1. The lowest BCUT2D eigenvalue weighted by Crippen LogP contribution is -2.47. The van der Waals surface area contributed by atoms with Gasteiger partial charge in [0.1, 0.15) is 0 Å². The molecule has 1 aliphatic heterocycles. The molecule has 26 heavy (non-hydrogen) atoms. The maximum atomic E-state index is 12.5. The minimum absolute atomic E-state index is 0.0427. The second-order valence-corrected chi connectivity index (χ2v) is 8.03. The fraction of sp³-hybridized carbons (Fsp3) is 0.375. The van der Waals surface area contributed by atoms with Crippen molar-refractivity contribution in [2.45, 2.75) is 24.9 Å². The first-order valence-electron chi connectivity index (χ1n) is 8.25. The van der Waals surface area contributed by atoms with Crippen LogP contribution in [0.5, 0.6) is 0 Å². The van der Waals surface area contributed by atoms with Crippen molar-refractivity contribution >= 4 is 38.9 Å². The molecule has 1 aromatic carbocycles. The van der Waals surface area contributed by atoms with Crippen LogP contribution in [0.25, 0.3) is 0 Å². The maximum Gasteiger partial charge on any atom is 0.280 e. The van der Waals surface area contributed by atoms with E-state index in [9.17, 15) is 13.2 Å². The van der Waals surface area contributed by atoms with Crippen LogP contribution in [0.3, 0.4) is 0 Å². The Labute approximate surface area is 157 Å². The van der Waals surface area contributed by atoms with Crippen LogP contribution in [-0.2, 0) is 21.4 Å². The minimum atomic E-state index is -3.79. The molecule has 1 fully saturated rings. The van der Waals surface area contributed by atoms with E-state index in [4.69, 9.17) is 11.6 Å². The molecule has 0 bridgehead atoms. The van der Waals surface area contributed by atoms with E-state index in [1.807, 2.05) is 11.8 Å². The highest BCUT2D eigenvalue weighted by Gasteiger charge is 2.21. The molecule has 0 aliphatic carbocycles. The van der Waals surface area contributed by atoms with Gasteiger partial charge in [0, 0.05) is 25.8 Å². The lowest BCUT2D eigenvalue weighted by molar-refractivity contribution is -0.120. The van der Waals surface area contributed by atoms with Gasteiger partial charge in [-0.3, -0.25) is 9.52 Å². The van der Waals surface area contributed by atoms with Crippen LogP contribution >= 0.6 is 11.6 Å². The SMILES string of the molecule is CCCn1cnc(S(=O)(=O)Nc2ccc(N3CCNC(=O)C3)c(Cl)c2)c1. The molecule has 2 heterocycles. The van der Waals surface area contributed by atoms with E-state index in [0.29, 0.717) is 36.0 Å². The van der Waals surface area contributed by atoms with Crippen LogP contribution in [-0.4, -0.2) is 43.5 Å². The van der Waals surface area contributed by atoms with Crippen molar-refractivity contribution in [1.29, 1.82) is 0 Å². The van der Waals surface area contributed by atoms with E-state index in [2.05, 4.69) is 15.0 Å². The quantitative estimate of drug-likeness (QED) is 0.773. The Bertz CT molecular complexity index is 912. The second kappa shape index (κ2) is 7.55. The van der Waals surface area contributed by atoms with Gasteiger partial charge < -0.3 is 14.8 Å². The molecule has 0 spiro atoms. The summed E-state index contributed by atoms with van der Waals surface area (Å²) in [6, 6.07) is 4.85. The maximum absolute atomic E-state index is 12.5. The molecular weight excluding hydrogens is 378 g/mol. The average molecular weight is 398 g/mol. The van der Waals surface area contributed by atoms with E-state index >= 15 is 0 Å². The van der Waals surface area contributed by atoms with E-state index in [-0.39, 0.29) is 17.5 Å². The summed E-state index contributed by atoms with van der Waals surface area (Å²) in [7, 11) is -3.79. The molecular formula is C16H20ClN5O3S. The molecule has 1 amide bonds. The van der Waals surface area contributed by atoms with Crippen LogP contribution < -0.4 is 14.9 Å². The van der Waals surface area contributed by atoms with Gasteiger partial charge >= 0.3 is 0 Å². The van der Waals surface area contributed by atoms with E-state index in [0.717, 1.165) is 6.42 Å². The monoisotopic (exact) mass is 397 g/mol. The smallest absolute Gasteiger partial charge is 0.280 e. The lowest BCUT2D eigenvalue weighted by atomic mass is 10.2. The summed E-state index contributed by atoms with van der Waals surface area (Å²) in [6.07, 6.45) is 3.87. The number of hydrogen-bond donors (Lipinski definition) is 2. The minimum Gasteiger partial charge on any atom is -0.359 e. The van der Waals surface area contributed by atoms with E-state index < -0.39 is 10.0 Å². The van der Waals surface area contributed by atoms with Gasteiger partial charge in [-0.15, -0.1) is 0 Å². The largest absolute Gasteiger partial charge is 0.359 e. The number of nitrogens with zero attached hydrogens (tertiary/aromatic N) is 3. The summed E-state index contributed by atoms with van der Waals surface area (Å²) in [5, 5.41) is 3.08. The van der Waals surface area contributed by atoms with Crippen molar-refractivity contribution in [2.24, 2.45) is 0 Å². The van der Waals surface area contributed by atoms with Crippen molar-refractivity contribution in [3.63, 3.8) is 0 Å². The van der Waals surface area contributed by atoms with Gasteiger partial charge in [-0.2, -0.15) is 8.42 Å². The Morgan fingerprint density at radius 2 is 2.19 bits per heavy atom. The standard InChI is InChI=1S/C16H20ClN5O3S/c1-2-6-21-10-16(19-11-21)26(24,25)20-12-3-4-14(13(17)8-12)22-7-5-18-15(23)9-22/h3-4,8,10-11,20H,2,5-7,9H2,1H3,(H,18,23). The number of aryl methyl sites for hydroxylation is 1. The number of aromatic nitrogens is 2. The van der Waals surface area contributed by atoms with Gasteiger partial charge in [-0.25, -0.2) is 4.98 Å². The summed E-state index contributed by atoms with van der Waals surface area (Å²) < 4.78 is 29.1. The Morgan fingerprint density at radius 1 is 1.38 bits per heavy atom. The van der Waals surface area contributed by atoms with Crippen molar-refractivity contribution in [3.8, 4) is 0 Å². The van der Waals surface area contributed by atoms with E-state index in [1.54, 1.807) is 16.7 Å². The predicted octanol–water partition coefficient (Wildman–Crippen LogP) is 1.68. The van der Waals surface area contributed by atoms with Gasteiger partial charge in [-0.05, 0) is 24.6 Å². The zero-order valence-electron chi connectivity index (χ0n) is 14.3. The van der Waals surface area contributed by atoms with Crippen molar-refractivity contribution in [3.05, 3.63) is 35.7 Å². The molecule has 0 saturated carbocycles.